The number of aromatic nitrogens is 3. The summed E-state index contributed by atoms with van der Waals surface area (Å²) in [4.78, 5) is 7.20. The lowest BCUT2D eigenvalue weighted by molar-refractivity contribution is 0.408. The molecule has 0 amide bonds. The third-order valence-electron chi connectivity index (χ3n) is 5.62. The zero-order valence-electron chi connectivity index (χ0n) is 14.0. The summed E-state index contributed by atoms with van der Waals surface area (Å²) in [7, 11) is 0. The van der Waals surface area contributed by atoms with Crippen molar-refractivity contribution in [2.75, 3.05) is 11.4 Å². The molecule has 4 nitrogen and oxygen atoms in total. The molecule has 0 radical (unpaired) electrons. The molecule has 1 aliphatic carbocycles. The van der Waals surface area contributed by atoms with E-state index in [4.69, 9.17) is 0 Å². The fourth-order valence-corrected chi connectivity index (χ4v) is 4.09. The van der Waals surface area contributed by atoms with E-state index >= 15 is 0 Å². The summed E-state index contributed by atoms with van der Waals surface area (Å²) in [6, 6.07) is 10.7. The van der Waals surface area contributed by atoms with Gasteiger partial charge in [0.25, 0.3) is 0 Å². The molecule has 0 atom stereocenters. The zero-order valence-corrected chi connectivity index (χ0v) is 14.0. The Balaban J connectivity index is 1.56. The molecule has 1 saturated carbocycles. The average molecular weight is 318 g/mol. The predicted octanol–water partition coefficient (Wildman–Crippen LogP) is 4.10. The summed E-state index contributed by atoms with van der Waals surface area (Å²) in [5.41, 5.74) is 7.61. The van der Waals surface area contributed by atoms with Crippen molar-refractivity contribution in [3.63, 3.8) is 0 Å². The van der Waals surface area contributed by atoms with E-state index in [-0.39, 0.29) is 0 Å². The van der Waals surface area contributed by atoms with Gasteiger partial charge in [0.2, 0.25) is 0 Å². The van der Waals surface area contributed by atoms with Crippen LogP contribution in [0.5, 0.6) is 0 Å². The molecule has 1 aliphatic heterocycles. The van der Waals surface area contributed by atoms with E-state index in [1.54, 1.807) is 0 Å². The van der Waals surface area contributed by atoms with Crippen LogP contribution in [-0.4, -0.2) is 21.7 Å². The van der Waals surface area contributed by atoms with Crippen molar-refractivity contribution in [2.45, 2.75) is 45.1 Å². The number of hydrogen-bond donors (Lipinski definition) is 1. The molecule has 0 saturated heterocycles. The van der Waals surface area contributed by atoms with Gasteiger partial charge in [-0.25, -0.2) is 0 Å². The van der Waals surface area contributed by atoms with Crippen molar-refractivity contribution in [3.05, 3.63) is 53.0 Å². The van der Waals surface area contributed by atoms with Gasteiger partial charge in [-0.05, 0) is 31.9 Å². The first-order chi connectivity index (χ1) is 11.8. The number of para-hydroxylation sites is 1. The van der Waals surface area contributed by atoms with Gasteiger partial charge in [0.05, 0.1) is 11.2 Å². The van der Waals surface area contributed by atoms with Crippen molar-refractivity contribution in [1.29, 1.82) is 0 Å². The maximum Gasteiger partial charge on any atom is 0.0726 e. The van der Waals surface area contributed by atoms with Gasteiger partial charge < -0.3 is 4.90 Å². The quantitative estimate of drug-likeness (QED) is 0.774. The Kier molecular flexibility index (Phi) is 3.12. The number of nitrogens with one attached hydrogen (secondary N) is 1. The highest BCUT2D eigenvalue weighted by Gasteiger charge is 2.30. The lowest BCUT2D eigenvalue weighted by atomic mass is 9.80. The molecular weight excluding hydrogens is 296 g/mol. The number of benzene rings is 1. The van der Waals surface area contributed by atoms with Crippen molar-refractivity contribution in [1.82, 2.24) is 15.2 Å². The Bertz CT molecular complexity index is 907. The van der Waals surface area contributed by atoms with Gasteiger partial charge in [-0.15, -0.1) is 0 Å². The fraction of sp³-hybridized carbons (Fsp3) is 0.400. The van der Waals surface area contributed by atoms with E-state index in [1.807, 2.05) is 0 Å². The summed E-state index contributed by atoms with van der Waals surface area (Å²) in [6.07, 6.45) is 5.00. The SMILES string of the molecule is Cc1cc(N2CCc3[nH]nc(C4CCC4)c3C2)c2ccccc2n1. The maximum atomic E-state index is 4.69. The Morgan fingerprint density at radius 1 is 1.21 bits per heavy atom. The number of nitrogens with zero attached hydrogens (tertiary/aromatic N) is 3. The van der Waals surface area contributed by atoms with Crippen LogP contribution < -0.4 is 4.90 Å². The van der Waals surface area contributed by atoms with Crippen LogP contribution in [-0.2, 0) is 13.0 Å². The van der Waals surface area contributed by atoms with Gasteiger partial charge in [-0.1, -0.05) is 24.6 Å². The zero-order chi connectivity index (χ0) is 16.1. The first-order valence-electron chi connectivity index (χ1n) is 8.97. The van der Waals surface area contributed by atoms with Crippen molar-refractivity contribution < 1.29 is 0 Å². The standard InChI is InChI=1S/C20H22N4/c1-13-11-19(15-7-2-3-8-17(15)21-13)24-10-9-18-16(12-24)20(23-22-18)14-5-4-6-14/h2-3,7-8,11,14H,4-6,9-10,12H2,1H3,(H,22,23). The first kappa shape index (κ1) is 14.0. The third-order valence-corrected chi connectivity index (χ3v) is 5.62. The number of anilines is 1. The molecule has 2 aliphatic rings. The molecule has 2 aromatic heterocycles. The Morgan fingerprint density at radius 3 is 2.92 bits per heavy atom. The minimum atomic E-state index is 0.681. The van der Waals surface area contributed by atoms with E-state index in [9.17, 15) is 0 Å². The van der Waals surface area contributed by atoms with Gasteiger partial charge in [0.1, 0.15) is 0 Å². The molecule has 5 rings (SSSR count). The smallest absolute Gasteiger partial charge is 0.0726 e. The molecule has 4 heteroatoms. The fourth-order valence-electron chi connectivity index (χ4n) is 4.09. The second kappa shape index (κ2) is 5.33. The molecular formula is C20H22N4. The molecule has 1 aromatic carbocycles. The average Bonchev–Trinajstić information content (AvgIpc) is 2.95. The van der Waals surface area contributed by atoms with Crippen LogP contribution in [0.15, 0.2) is 30.3 Å². The van der Waals surface area contributed by atoms with Crippen LogP contribution >= 0.6 is 0 Å². The molecule has 3 heterocycles. The second-order valence-corrected chi connectivity index (χ2v) is 7.17. The largest absolute Gasteiger partial charge is 0.366 e. The molecule has 1 fully saturated rings. The number of aryl methyl sites for hydroxylation is 1. The summed E-state index contributed by atoms with van der Waals surface area (Å²) in [5.74, 6) is 0.681. The van der Waals surface area contributed by atoms with E-state index in [1.165, 1.54) is 47.3 Å². The molecule has 24 heavy (non-hydrogen) atoms. The van der Waals surface area contributed by atoms with Crippen molar-refractivity contribution in [2.24, 2.45) is 0 Å². The molecule has 0 bridgehead atoms. The lowest BCUT2D eigenvalue weighted by Gasteiger charge is -2.32. The molecule has 1 N–H and O–H groups in total. The number of H-pyrrole nitrogens is 1. The topological polar surface area (TPSA) is 44.8 Å². The molecule has 3 aromatic rings. The minimum Gasteiger partial charge on any atom is -0.366 e. The summed E-state index contributed by atoms with van der Waals surface area (Å²) < 4.78 is 0. The van der Waals surface area contributed by atoms with Gasteiger partial charge in [-0.3, -0.25) is 10.1 Å². The lowest BCUT2D eigenvalue weighted by Crippen LogP contribution is -2.31. The van der Waals surface area contributed by atoms with Crippen molar-refractivity contribution in [3.8, 4) is 0 Å². The number of aromatic amines is 1. The highest BCUT2D eigenvalue weighted by atomic mass is 15.2. The summed E-state index contributed by atoms with van der Waals surface area (Å²) in [5, 5.41) is 9.22. The van der Waals surface area contributed by atoms with Crippen LogP contribution in [0, 0.1) is 6.92 Å². The van der Waals surface area contributed by atoms with E-state index in [0.717, 1.165) is 30.7 Å². The Morgan fingerprint density at radius 2 is 2.08 bits per heavy atom. The second-order valence-electron chi connectivity index (χ2n) is 7.17. The van der Waals surface area contributed by atoms with Gasteiger partial charge in [0, 0.05) is 53.5 Å². The van der Waals surface area contributed by atoms with E-state index < -0.39 is 0 Å². The van der Waals surface area contributed by atoms with E-state index in [0.29, 0.717) is 5.92 Å². The summed E-state index contributed by atoms with van der Waals surface area (Å²) >= 11 is 0. The predicted molar refractivity (Wildman–Crippen MR) is 96.4 cm³/mol. The number of rotatable bonds is 2. The van der Waals surface area contributed by atoms with Crippen LogP contribution in [0.25, 0.3) is 10.9 Å². The van der Waals surface area contributed by atoms with Crippen LogP contribution in [0.2, 0.25) is 0 Å². The normalized spacial score (nSPS) is 17.8. The van der Waals surface area contributed by atoms with Crippen LogP contribution in [0.1, 0.15) is 47.8 Å². The highest BCUT2D eigenvalue weighted by Crippen LogP contribution is 2.40. The monoisotopic (exact) mass is 318 g/mol. The molecule has 122 valence electrons. The minimum absolute atomic E-state index is 0.681. The van der Waals surface area contributed by atoms with Gasteiger partial charge in [-0.2, -0.15) is 5.10 Å². The van der Waals surface area contributed by atoms with Crippen LogP contribution in [0.4, 0.5) is 5.69 Å². The number of hydrogen-bond acceptors (Lipinski definition) is 3. The highest BCUT2D eigenvalue weighted by molar-refractivity contribution is 5.92. The van der Waals surface area contributed by atoms with Gasteiger partial charge >= 0.3 is 0 Å². The number of pyridine rings is 1. The summed E-state index contributed by atoms with van der Waals surface area (Å²) in [6.45, 7) is 4.08. The number of fused-ring (bicyclic) bond motifs is 2. The first-order valence-corrected chi connectivity index (χ1v) is 8.97. The van der Waals surface area contributed by atoms with Crippen LogP contribution in [0.3, 0.4) is 0 Å². The maximum absolute atomic E-state index is 4.69. The Labute approximate surface area is 141 Å². The third kappa shape index (κ3) is 2.13. The van der Waals surface area contributed by atoms with Crippen molar-refractivity contribution >= 4 is 16.6 Å². The van der Waals surface area contributed by atoms with Gasteiger partial charge in [0.15, 0.2) is 0 Å². The Hall–Kier alpha value is -2.36. The van der Waals surface area contributed by atoms with E-state index in [2.05, 4.69) is 57.3 Å². The molecule has 0 spiro atoms. The molecule has 0 unspecified atom stereocenters.